The van der Waals surface area contributed by atoms with Crippen molar-refractivity contribution in [2.45, 2.75) is 32.7 Å². The van der Waals surface area contributed by atoms with Crippen molar-refractivity contribution in [3.8, 4) is 16.9 Å². The minimum atomic E-state index is -0.308. The molecule has 0 spiro atoms. The molecule has 5 rings (SSSR count). The fourth-order valence-corrected chi connectivity index (χ4v) is 4.37. The summed E-state index contributed by atoms with van der Waals surface area (Å²) in [5.74, 6) is -0.138. The van der Waals surface area contributed by atoms with Crippen LogP contribution >= 0.6 is 11.6 Å². The second-order valence-electron chi connectivity index (χ2n) is 9.15. The van der Waals surface area contributed by atoms with E-state index in [-0.39, 0.29) is 24.4 Å². The summed E-state index contributed by atoms with van der Waals surface area (Å²) in [5, 5.41) is 3.33. The molecular formula is C29H27ClN4O2. The summed E-state index contributed by atoms with van der Waals surface area (Å²) in [7, 11) is 0. The molecule has 1 aliphatic rings. The molecule has 2 amide bonds. The lowest BCUT2D eigenvalue weighted by Crippen LogP contribution is -2.40. The molecule has 1 heterocycles. The Morgan fingerprint density at radius 2 is 1.72 bits per heavy atom. The van der Waals surface area contributed by atoms with E-state index in [2.05, 4.69) is 31.3 Å². The highest BCUT2D eigenvalue weighted by Gasteiger charge is 2.35. The lowest BCUT2D eigenvalue weighted by atomic mass is 10.1. The number of aromatic nitrogens is 2. The maximum Gasteiger partial charge on any atom is 0.256 e. The molecule has 0 bridgehead atoms. The average Bonchev–Trinajstić information content (AvgIpc) is 3.64. The van der Waals surface area contributed by atoms with Crippen LogP contribution in [0.4, 0.5) is 5.95 Å². The van der Waals surface area contributed by atoms with E-state index in [1.165, 1.54) is 5.56 Å². The van der Waals surface area contributed by atoms with Crippen molar-refractivity contribution < 1.29 is 9.59 Å². The molecule has 1 N–H and O–H groups in total. The fourth-order valence-electron chi connectivity index (χ4n) is 4.15. The van der Waals surface area contributed by atoms with Crippen LogP contribution < -0.4 is 5.32 Å². The van der Waals surface area contributed by atoms with Gasteiger partial charge in [-0.1, -0.05) is 60.1 Å². The normalized spacial score (nSPS) is 12.9. The Morgan fingerprint density at radius 1 is 1.00 bits per heavy atom. The maximum absolute atomic E-state index is 13.2. The average molecular weight is 499 g/mol. The van der Waals surface area contributed by atoms with Crippen molar-refractivity contribution in [2.24, 2.45) is 0 Å². The Labute approximate surface area is 215 Å². The molecule has 0 unspecified atom stereocenters. The summed E-state index contributed by atoms with van der Waals surface area (Å²) < 4.78 is 1.88. The van der Waals surface area contributed by atoms with Crippen LogP contribution in [0.25, 0.3) is 16.9 Å². The van der Waals surface area contributed by atoms with Crippen LogP contribution in [0.2, 0.25) is 5.02 Å². The number of hydrogen-bond donors (Lipinski definition) is 1. The van der Waals surface area contributed by atoms with Crippen LogP contribution in [-0.2, 0) is 4.79 Å². The van der Waals surface area contributed by atoms with E-state index in [0.717, 1.165) is 35.3 Å². The van der Waals surface area contributed by atoms with Crippen molar-refractivity contribution in [2.75, 3.05) is 11.9 Å². The first-order valence-corrected chi connectivity index (χ1v) is 12.4. The van der Waals surface area contributed by atoms with Crippen LogP contribution in [0.15, 0.2) is 79.0 Å². The first-order chi connectivity index (χ1) is 17.4. The van der Waals surface area contributed by atoms with E-state index in [1.807, 2.05) is 47.2 Å². The van der Waals surface area contributed by atoms with Gasteiger partial charge in [0.2, 0.25) is 11.9 Å². The third kappa shape index (κ3) is 5.04. The summed E-state index contributed by atoms with van der Waals surface area (Å²) in [4.78, 5) is 32.8. The van der Waals surface area contributed by atoms with Crippen LogP contribution in [0.3, 0.4) is 0 Å². The van der Waals surface area contributed by atoms with Crippen LogP contribution in [0.1, 0.15) is 34.3 Å². The lowest BCUT2D eigenvalue weighted by molar-refractivity contribution is -0.117. The van der Waals surface area contributed by atoms with Crippen molar-refractivity contribution in [3.63, 3.8) is 0 Å². The van der Waals surface area contributed by atoms with Gasteiger partial charge < -0.3 is 4.90 Å². The minimum Gasteiger partial charge on any atom is -0.326 e. The molecule has 1 aliphatic carbocycles. The van der Waals surface area contributed by atoms with Gasteiger partial charge in [0.05, 0.1) is 16.3 Å². The Hall–Kier alpha value is -3.90. The molecule has 4 aromatic rings. The number of hydrogen-bond acceptors (Lipinski definition) is 3. The molecule has 182 valence electrons. The summed E-state index contributed by atoms with van der Waals surface area (Å²) in [5.41, 5.74) is 5.33. The smallest absolute Gasteiger partial charge is 0.256 e. The molecular weight excluding hydrogens is 472 g/mol. The maximum atomic E-state index is 13.2. The van der Waals surface area contributed by atoms with E-state index in [0.29, 0.717) is 16.5 Å². The number of anilines is 1. The number of rotatable bonds is 7. The minimum absolute atomic E-state index is 0.0406. The van der Waals surface area contributed by atoms with Gasteiger partial charge in [-0.15, -0.1) is 0 Å². The van der Waals surface area contributed by atoms with Crippen molar-refractivity contribution in [3.05, 3.63) is 101 Å². The van der Waals surface area contributed by atoms with Crippen LogP contribution in [0.5, 0.6) is 0 Å². The van der Waals surface area contributed by atoms with E-state index < -0.39 is 0 Å². The number of carbonyl (C=O) groups excluding carboxylic acids is 2. The number of imidazole rings is 1. The van der Waals surface area contributed by atoms with Gasteiger partial charge in [-0.3, -0.25) is 19.5 Å². The summed E-state index contributed by atoms with van der Waals surface area (Å²) >= 11 is 6.27. The molecule has 36 heavy (non-hydrogen) atoms. The van der Waals surface area contributed by atoms with Crippen molar-refractivity contribution >= 4 is 29.4 Å². The Morgan fingerprint density at radius 3 is 2.42 bits per heavy atom. The van der Waals surface area contributed by atoms with Gasteiger partial charge in [0.25, 0.3) is 5.91 Å². The molecule has 0 aliphatic heterocycles. The second kappa shape index (κ2) is 9.99. The fraction of sp³-hybridized carbons (Fsp3) is 0.207. The van der Waals surface area contributed by atoms with E-state index in [1.54, 1.807) is 29.2 Å². The predicted molar refractivity (Wildman–Crippen MR) is 143 cm³/mol. The molecule has 7 heteroatoms. The monoisotopic (exact) mass is 498 g/mol. The second-order valence-corrected chi connectivity index (χ2v) is 9.55. The molecule has 0 radical (unpaired) electrons. The van der Waals surface area contributed by atoms with Gasteiger partial charge in [-0.05, 0) is 62.1 Å². The summed E-state index contributed by atoms with van der Waals surface area (Å²) in [6.45, 7) is 4.04. The number of aryl methyl sites for hydroxylation is 2. The highest BCUT2D eigenvalue weighted by molar-refractivity contribution is 6.33. The number of nitrogens with zero attached hydrogens (tertiary/aromatic N) is 3. The standard InChI is InChI=1S/C29H27ClN4O2/c1-19-12-13-23(16-20(19)2)34-17-26(21-8-4-3-5-9-21)31-29(34)32-27(35)18-33(22-14-15-22)28(36)24-10-6-7-11-25(24)30/h3-13,16-17,22H,14-15,18H2,1-2H3,(H,31,32,35). The van der Waals surface area contributed by atoms with Gasteiger partial charge in [0, 0.05) is 23.5 Å². The number of carbonyl (C=O) groups is 2. The zero-order valence-corrected chi connectivity index (χ0v) is 21.0. The first kappa shape index (κ1) is 23.8. The highest BCUT2D eigenvalue weighted by atomic mass is 35.5. The molecule has 1 saturated carbocycles. The first-order valence-electron chi connectivity index (χ1n) is 12.0. The number of halogens is 1. The topological polar surface area (TPSA) is 67.2 Å². The van der Waals surface area contributed by atoms with Crippen molar-refractivity contribution in [1.82, 2.24) is 14.5 Å². The van der Waals surface area contributed by atoms with Gasteiger partial charge >= 0.3 is 0 Å². The van der Waals surface area contributed by atoms with E-state index in [9.17, 15) is 9.59 Å². The lowest BCUT2D eigenvalue weighted by Gasteiger charge is -2.22. The predicted octanol–water partition coefficient (Wildman–Crippen LogP) is 6.05. The molecule has 1 aromatic heterocycles. The molecule has 6 nitrogen and oxygen atoms in total. The molecule has 0 atom stereocenters. The zero-order valence-electron chi connectivity index (χ0n) is 20.2. The van der Waals surface area contributed by atoms with Crippen LogP contribution in [-0.4, -0.2) is 38.9 Å². The number of amides is 2. The van der Waals surface area contributed by atoms with Crippen molar-refractivity contribution in [1.29, 1.82) is 0 Å². The third-order valence-electron chi connectivity index (χ3n) is 6.46. The van der Waals surface area contributed by atoms with Crippen LogP contribution in [0, 0.1) is 13.8 Å². The number of nitrogens with one attached hydrogen (secondary N) is 1. The molecule has 3 aromatic carbocycles. The molecule has 0 saturated heterocycles. The quantitative estimate of drug-likeness (QED) is 0.337. The van der Waals surface area contributed by atoms with Gasteiger partial charge in [-0.25, -0.2) is 4.98 Å². The van der Waals surface area contributed by atoms with E-state index in [4.69, 9.17) is 16.6 Å². The Bertz CT molecular complexity index is 1430. The zero-order chi connectivity index (χ0) is 25.2. The van der Waals surface area contributed by atoms with Gasteiger partial charge in [0.15, 0.2) is 0 Å². The number of benzene rings is 3. The van der Waals surface area contributed by atoms with Gasteiger partial charge in [0.1, 0.15) is 6.54 Å². The van der Waals surface area contributed by atoms with Gasteiger partial charge in [-0.2, -0.15) is 0 Å². The van der Waals surface area contributed by atoms with E-state index >= 15 is 0 Å². The SMILES string of the molecule is Cc1ccc(-n2cc(-c3ccccc3)nc2NC(=O)CN(C(=O)c2ccccc2Cl)C2CC2)cc1C. The Balaban J connectivity index is 1.43. The summed E-state index contributed by atoms with van der Waals surface area (Å²) in [6.07, 6.45) is 3.67. The highest BCUT2D eigenvalue weighted by Crippen LogP contribution is 2.30. The third-order valence-corrected chi connectivity index (χ3v) is 6.79. The Kier molecular flexibility index (Phi) is 6.61. The largest absolute Gasteiger partial charge is 0.326 e. The summed E-state index contributed by atoms with van der Waals surface area (Å²) in [6, 6.07) is 22.9. The molecule has 1 fully saturated rings.